The summed E-state index contributed by atoms with van der Waals surface area (Å²) >= 11 is 6.28. The fourth-order valence-corrected chi connectivity index (χ4v) is 2.45. The molecule has 0 aliphatic carbocycles. The highest BCUT2D eigenvalue weighted by Crippen LogP contribution is 2.30. The fourth-order valence-electron chi connectivity index (χ4n) is 2.28. The van der Waals surface area contributed by atoms with Crippen molar-refractivity contribution in [3.8, 4) is 0 Å². The zero-order valence-corrected chi connectivity index (χ0v) is 12.6. The van der Waals surface area contributed by atoms with Crippen LogP contribution < -0.4 is 5.32 Å². The van der Waals surface area contributed by atoms with Crippen LogP contribution in [0.2, 0.25) is 5.02 Å². The van der Waals surface area contributed by atoms with Crippen LogP contribution in [0.25, 0.3) is 0 Å². The summed E-state index contributed by atoms with van der Waals surface area (Å²) in [6, 6.07) is 9.48. The van der Waals surface area contributed by atoms with Crippen LogP contribution in [0.3, 0.4) is 0 Å². The van der Waals surface area contributed by atoms with Gasteiger partial charge in [0.1, 0.15) is 17.6 Å². The summed E-state index contributed by atoms with van der Waals surface area (Å²) in [7, 11) is 1.96. The smallest absolute Gasteiger partial charge is 0.143 e. The third-order valence-corrected chi connectivity index (χ3v) is 3.70. The Bertz CT molecular complexity index is 734. The van der Waals surface area contributed by atoms with E-state index in [9.17, 15) is 0 Å². The van der Waals surface area contributed by atoms with Crippen molar-refractivity contribution in [3.05, 3.63) is 71.2 Å². The van der Waals surface area contributed by atoms with Gasteiger partial charge in [0.15, 0.2) is 0 Å². The number of imidazole rings is 1. The Balaban J connectivity index is 2.01. The summed E-state index contributed by atoms with van der Waals surface area (Å²) in [5.74, 6) is 1.66. The van der Waals surface area contributed by atoms with Crippen molar-refractivity contribution in [3.63, 3.8) is 0 Å². The van der Waals surface area contributed by atoms with Crippen LogP contribution in [-0.4, -0.2) is 9.55 Å². The molecule has 0 bridgehead atoms. The van der Waals surface area contributed by atoms with Gasteiger partial charge in [-0.05, 0) is 36.8 Å². The molecule has 1 unspecified atom stereocenters. The van der Waals surface area contributed by atoms with Gasteiger partial charge in [-0.25, -0.2) is 4.98 Å². The second-order valence-electron chi connectivity index (χ2n) is 4.97. The molecule has 0 aliphatic rings. The maximum absolute atomic E-state index is 6.28. The average Bonchev–Trinajstić information content (AvgIpc) is 3.11. The summed E-state index contributed by atoms with van der Waals surface area (Å²) in [5, 5.41) is 4.10. The molecule has 0 radical (unpaired) electrons. The zero-order valence-electron chi connectivity index (χ0n) is 11.9. The molecule has 1 atom stereocenters. The normalized spacial score (nSPS) is 12.3. The predicted molar refractivity (Wildman–Crippen MR) is 83.6 cm³/mol. The van der Waals surface area contributed by atoms with E-state index in [1.807, 2.05) is 55.1 Å². The van der Waals surface area contributed by atoms with Gasteiger partial charge in [0.25, 0.3) is 0 Å². The van der Waals surface area contributed by atoms with Crippen molar-refractivity contribution < 1.29 is 4.42 Å². The van der Waals surface area contributed by atoms with Crippen molar-refractivity contribution in [2.45, 2.75) is 13.0 Å². The van der Waals surface area contributed by atoms with Gasteiger partial charge in [0, 0.05) is 19.4 Å². The van der Waals surface area contributed by atoms with Gasteiger partial charge in [-0.15, -0.1) is 0 Å². The Kier molecular flexibility index (Phi) is 3.71. The van der Waals surface area contributed by atoms with E-state index in [0.717, 1.165) is 22.8 Å². The van der Waals surface area contributed by atoms with Crippen molar-refractivity contribution in [2.75, 3.05) is 5.32 Å². The Morgan fingerprint density at radius 3 is 2.86 bits per heavy atom. The van der Waals surface area contributed by atoms with Gasteiger partial charge in [-0.3, -0.25) is 0 Å². The number of nitrogens with one attached hydrogen (secondary N) is 1. The molecule has 4 nitrogen and oxygen atoms in total. The molecule has 3 aromatic rings. The molecular weight excluding hydrogens is 286 g/mol. The number of nitrogens with zero attached hydrogens (tertiary/aromatic N) is 2. The second-order valence-corrected chi connectivity index (χ2v) is 5.38. The number of hydrogen-bond acceptors (Lipinski definition) is 3. The van der Waals surface area contributed by atoms with Gasteiger partial charge in [0.05, 0.1) is 17.0 Å². The number of anilines is 1. The first-order chi connectivity index (χ1) is 10.1. The summed E-state index contributed by atoms with van der Waals surface area (Å²) < 4.78 is 7.52. The van der Waals surface area contributed by atoms with Crippen LogP contribution in [0, 0.1) is 6.92 Å². The lowest BCUT2D eigenvalue weighted by molar-refractivity contribution is 0.488. The van der Waals surface area contributed by atoms with E-state index in [1.54, 1.807) is 12.5 Å². The predicted octanol–water partition coefficient (Wildman–Crippen LogP) is 4.18. The minimum atomic E-state index is -0.195. The molecule has 1 N–H and O–H groups in total. The highest BCUT2D eigenvalue weighted by molar-refractivity contribution is 6.33. The van der Waals surface area contributed by atoms with E-state index in [2.05, 4.69) is 10.3 Å². The van der Waals surface area contributed by atoms with Crippen molar-refractivity contribution in [2.24, 2.45) is 7.05 Å². The number of aromatic nitrogens is 2. The Morgan fingerprint density at radius 2 is 2.19 bits per heavy atom. The molecular formula is C16H16ClN3O. The second kappa shape index (κ2) is 5.66. The Hall–Kier alpha value is -2.20. The van der Waals surface area contributed by atoms with Crippen LogP contribution in [0.5, 0.6) is 0 Å². The van der Waals surface area contributed by atoms with Gasteiger partial charge in [-0.1, -0.05) is 17.7 Å². The first-order valence-electron chi connectivity index (χ1n) is 6.68. The molecule has 2 heterocycles. The average molecular weight is 302 g/mol. The monoisotopic (exact) mass is 301 g/mol. The van der Waals surface area contributed by atoms with Gasteiger partial charge in [0.2, 0.25) is 0 Å². The number of aryl methyl sites for hydroxylation is 2. The van der Waals surface area contributed by atoms with Crippen LogP contribution in [0.4, 0.5) is 5.69 Å². The van der Waals surface area contributed by atoms with Crippen molar-refractivity contribution >= 4 is 17.3 Å². The molecule has 0 saturated heterocycles. The number of halogens is 1. The molecule has 3 rings (SSSR count). The third kappa shape index (κ3) is 2.81. The van der Waals surface area contributed by atoms with E-state index in [4.69, 9.17) is 16.0 Å². The quantitative estimate of drug-likeness (QED) is 0.786. The van der Waals surface area contributed by atoms with E-state index < -0.39 is 0 Å². The number of rotatable bonds is 4. The maximum atomic E-state index is 6.28. The molecule has 0 spiro atoms. The van der Waals surface area contributed by atoms with Crippen LogP contribution in [0.1, 0.15) is 23.2 Å². The molecule has 0 aliphatic heterocycles. The van der Waals surface area contributed by atoms with Crippen molar-refractivity contribution in [1.29, 1.82) is 0 Å². The molecule has 0 fully saturated rings. The van der Waals surface area contributed by atoms with E-state index in [0.29, 0.717) is 5.02 Å². The van der Waals surface area contributed by atoms with Crippen LogP contribution in [-0.2, 0) is 7.05 Å². The van der Waals surface area contributed by atoms with Gasteiger partial charge in [-0.2, -0.15) is 0 Å². The summed E-state index contributed by atoms with van der Waals surface area (Å²) in [4.78, 5) is 4.42. The van der Waals surface area contributed by atoms with Gasteiger partial charge < -0.3 is 14.3 Å². The molecule has 108 valence electrons. The Morgan fingerprint density at radius 1 is 1.33 bits per heavy atom. The first-order valence-corrected chi connectivity index (χ1v) is 7.06. The zero-order chi connectivity index (χ0) is 14.8. The molecule has 1 aromatic carbocycles. The van der Waals surface area contributed by atoms with E-state index >= 15 is 0 Å². The minimum Gasteiger partial charge on any atom is -0.467 e. The minimum absolute atomic E-state index is 0.195. The van der Waals surface area contributed by atoms with Gasteiger partial charge >= 0.3 is 0 Å². The highest BCUT2D eigenvalue weighted by atomic mass is 35.5. The maximum Gasteiger partial charge on any atom is 0.143 e. The fraction of sp³-hybridized carbons (Fsp3) is 0.188. The highest BCUT2D eigenvalue weighted by Gasteiger charge is 2.21. The molecule has 21 heavy (non-hydrogen) atoms. The Labute approximate surface area is 128 Å². The SMILES string of the molecule is Cc1ccc(Cl)c(NC(c2ccco2)c2nccn2C)c1. The standard InChI is InChI=1S/C16H16ClN3O/c1-11-5-6-12(17)13(10-11)19-15(14-4-3-9-21-14)16-18-7-8-20(16)2/h3-10,15,19H,1-2H3. The largest absolute Gasteiger partial charge is 0.467 e. The molecule has 0 amide bonds. The topological polar surface area (TPSA) is 43.0 Å². The summed E-state index contributed by atoms with van der Waals surface area (Å²) in [6.07, 6.45) is 5.33. The lowest BCUT2D eigenvalue weighted by Crippen LogP contribution is -2.16. The summed E-state index contributed by atoms with van der Waals surface area (Å²) in [6.45, 7) is 2.03. The number of furan rings is 1. The number of benzene rings is 1. The van der Waals surface area contributed by atoms with E-state index in [-0.39, 0.29) is 6.04 Å². The van der Waals surface area contributed by atoms with Crippen LogP contribution >= 0.6 is 11.6 Å². The summed E-state index contributed by atoms with van der Waals surface area (Å²) in [5.41, 5.74) is 2.00. The molecule has 5 heteroatoms. The van der Waals surface area contributed by atoms with Crippen LogP contribution in [0.15, 0.2) is 53.4 Å². The lowest BCUT2D eigenvalue weighted by atomic mass is 10.1. The lowest BCUT2D eigenvalue weighted by Gasteiger charge is -2.19. The number of hydrogen-bond donors (Lipinski definition) is 1. The first kappa shape index (κ1) is 13.8. The van der Waals surface area contributed by atoms with Crippen molar-refractivity contribution in [1.82, 2.24) is 9.55 Å². The van der Waals surface area contributed by atoms with E-state index in [1.165, 1.54) is 0 Å². The molecule has 2 aromatic heterocycles. The third-order valence-electron chi connectivity index (χ3n) is 3.37. The molecule has 0 saturated carbocycles.